The standard InChI is InChI=1S/C18H16FN5O3/c1-3-14(26)22-7-11(8-22)23-9-20-15-17(23)21-10(2)24(18(15)27)16-12(19)5-4-6-13(16)25/h3-6,9,11,25H,1,7-8H2,2H3. The fourth-order valence-corrected chi connectivity index (χ4v) is 3.27. The smallest absolute Gasteiger partial charge is 0.286 e. The van der Waals surface area contributed by atoms with Crippen LogP contribution in [-0.2, 0) is 4.79 Å². The van der Waals surface area contributed by atoms with E-state index in [1.165, 1.54) is 24.5 Å². The van der Waals surface area contributed by atoms with Gasteiger partial charge in [-0.3, -0.25) is 14.2 Å². The molecular formula is C18H16FN5O3. The highest BCUT2D eigenvalue weighted by Gasteiger charge is 2.32. The van der Waals surface area contributed by atoms with E-state index in [2.05, 4.69) is 16.5 Å². The van der Waals surface area contributed by atoms with E-state index in [4.69, 9.17) is 0 Å². The summed E-state index contributed by atoms with van der Waals surface area (Å²) in [5.41, 5.74) is -0.401. The first-order valence-corrected chi connectivity index (χ1v) is 8.27. The van der Waals surface area contributed by atoms with E-state index in [9.17, 15) is 19.1 Å². The predicted octanol–water partition coefficient (Wildman–Crippen LogP) is 1.30. The van der Waals surface area contributed by atoms with Crippen molar-refractivity contribution in [1.82, 2.24) is 24.0 Å². The van der Waals surface area contributed by atoms with Crippen molar-refractivity contribution in [3.8, 4) is 11.4 Å². The molecule has 1 fully saturated rings. The van der Waals surface area contributed by atoms with Crippen molar-refractivity contribution in [2.75, 3.05) is 13.1 Å². The third kappa shape index (κ3) is 2.50. The number of phenolic OH excluding ortho intramolecular Hbond substituents is 1. The number of benzene rings is 1. The van der Waals surface area contributed by atoms with E-state index in [1.807, 2.05) is 0 Å². The lowest BCUT2D eigenvalue weighted by atomic mass is 10.1. The fourth-order valence-electron chi connectivity index (χ4n) is 3.27. The van der Waals surface area contributed by atoms with Crippen molar-refractivity contribution in [3.63, 3.8) is 0 Å². The largest absolute Gasteiger partial charge is 0.506 e. The summed E-state index contributed by atoms with van der Waals surface area (Å²) in [5.74, 6) is -1.04. The molecule has 9 heteroatoms. The summed E-state index contributed by atoms with van der Waals surface area (Å²) in [6.45, 7) is 5.95. The Kier molecular flexibility index (Phi) is 3.79. The SMILES string of the molecule is C=CC(=O)N1CC(n2cnc3c(=O)n(-c4c(O)cccc4F)c(C)nc32)C1. The highest BCUT2D eigenvalue weighted by molar-refractivity contribution is 5.87. The number of aromatic nitrogens is 4. The number of halogens is 1. The number of rotatable bonds is 3. The van der Waals surface area contributed by atoms with Gasteiger partial charge in [-0.2, -0.15) is 0 Å². The molecule has 0 bridgehead atoms. The van der Waals surface area contributed by atoms with E-state index < -0.39 is 11.4 Å². The Morgan fingerprint density at radius 1 is 1.41 bits per heavy atom. The molecule has 0 spiro atoms. The summed E-state index contributed by atoms with van der Waals surface area (Å²) in [6.07, 6.45) is 2.74. The number of aromatic hydroxyl groups is 1. The van der Waals surface area contributed by atoms with Crippen LogP contribution in [0.2, 0.25) is 0 Å². The second-order valence-electron chi connectivity index (χ2n) is 6.33. The lowest BCUT2D eigenvalue weighted by Crippen LogP contribution is -2.50. The first-order valence-electron chi connectivity index (χ1n) is 8.27. The van der Waals surface area contributed by atoms with Crippen LogP contribution < -0.4 is 5.56 Å². The van der Waals surface area contributed by atoms with Gasteiger partial charge in [-0.25, -0.2) is 14.4 Å². The Bertz CT molecular complexity index is 1120. The van der Waals surface area contributed by atoms with Crippen LogP contribution in [0.1, 0.15) is 11.9 Å². The van der Waals surface area contributed by atoms with Crippen molar-refractivity contribution in [2.24, 2.45) is 0 Å². The maximum atomic E-state index is 14.2. The summed E-state index contributed by atoms with van der Waals surface area (Å²) in [5, 5.41) is 10.0. The van der Waals surface area contributed by atoms with Crippen molar-refractivity contribution in [3.05, 3.63) is 59.2 Å². The summed E-state index contributed by atoms with van der Waals surface area (Å²) in [4.78, 5) is 34.7. The van der Waals surface area contributed by atoms with Gasteiger partial charge in [-0.05, 0) is 25.1 Å². The third-order valence-electron chi connectivity index (χ3n) is 4.70. The van der Waals surface area contributed by atoms with Crippen LogP contribution >= 0.6 is 0 Å². The molecule has 0 saturated carbocycles. The van der Waals surface area contributed by atoms with Crippen LogP contribution in [0.5, 0.6) is 5.75 Å². The number of para-hydroxylation sites is 1. The highest BCUT2D eigenvalue weighted by Crippen LogP contribution is 2.27. The molecule has 138 valence electrons. The summed E-state index contributed by atoms with van der Waals surface area (Å²) >= 11 is 0. The molecule has 0 unspecified atom stereocenters. The minimum absolute atomic E-state index is 0.0529. The molecule has 3 heterocycles. The zero-order chi connectivity index (χ0) is 19.3. The van der Waals surface area contributed by atoms with Crippen molar-refractivity contribution >= 4 is 17.1 Å². The summed E-state index contributed by atoms with van der Waals surface area (Å²) < 4.78 is 17.0. The van der Waals surface area contributed by atoms with Gasteiger partial charge in [0.25, 0.3) is 5.56 Å². The van der Waals surface area contributed by atoms with Crippen LogP contribution in [0.3, 0.4) is 0 Å². The normalized spacial score (nSPS) is 14.4. The summed E-state index contributed by atoms with van der Waals surface area (Å²) in [6, 6.07) is 3.75. The maximum absolute atomic E-state index is 14.2. The molecule has 1 N–H and O–H groups in total. The zero-order valence-corrected chi connectivity index (χ0v) is 14.5. The monoisotopic (exact) mass is 369 g/mol. The Morgan fingerprint density at radius 2 is 2.15 bits per heavy atom. The Morgan fingerprint density at radius 3 is 2.81 bits per heavy atom. The number of fused-ring (bicyclic) bond motifs is 1. The number of likely N-dealkylation sites (tertiary alicyclic amines) is 1. The molecule has 0 atom stereocenters. The number of carbonyl (C=O) groups is 1. The lowest BCUT2D eigenvalue weighted by Gasteiger charge is -2.39. The molecule has 8 nitrogen and oxygen atoms in total. The van der Waals surface area contributed by atoms with E-state index >= 15 is 0 Å². The molecular weight excluding hydrogens is 353 g/mol. The number of hydrogen-bond donors (Lipinski definition) is 1. The van der Waals surface area contributed by atoms with Crippen LogP contribution in [0.4, 0.5) is 4.39 Å². The van der Waals surface area contributed by atoms with Gasteiger partial charge in [0.15, 0.2) is 17.0 Å². The Balaban J connectivity index is 1.81. The first kappa shape index (κ1) is 17.0. The van der Waals surface area contributed by atoms with Crippen molar-refractivity contribution in [2.45, 2.75) is 13.0 Å². The molecule has 1 amide bonds. The van der Waals surface area contributed by atoms with Gasteiger partial charge in [-0.1, -0.05) is 12.6 Å². The zero-order valence-electron chi connectivity index (χ0n) is 14.5. The number of carbonyl (C=O) groups excluding carboxylic acids is 1. The fraction of sp³-hybridized carbons (Fsp3) is 0.222. The van der Waals surface area contributed by atoms with Crippen molar-refractivity contribution < 1.29 is 14.3 Å². The molecule has 1 aromatic carbocycles. The number of amides is 1. The third-order valence-corrected chi connectivity index (χ3v) is 4.70. The van der Waals surface area contributed by atoms with Gasteiger partial charge in [-0.15, -0.1) is 0 Å². The molecule has 27 heavy (non-hydrogen) atoms. The Hall–Kier alpha value is -3.49. The van der Waals surface area contributed by atoms with E-state index in [1.54, 1.807) is 16.4 Å². The van der Waals surface area contributed by atoms with Crippen molar-refractivity contribution in [1.29, 1.82) is 0 Å². The first-order chi connectivity index (χ1) is 12.9. The van der Waals surface area contributed by atoms with Gasteiger partial charge in [0.2, 0.25) is 5.91 Å². The van der Waals surface area contributed by atoms with Gasteiger partial charge < -0.3 is 14.6 Å². The lowest BCUT2D eigenvalue weighted by molar-refractivity contribution is -0.131. The number of imidazole rings is 1. The molecule has 0 radical (unpaired) electrons. The minimum Gasteiger partial charge on any atom is -0.506 e. The van der Waals surface area contributed by atoms with Gasteiger partial charge >= 0.3 is 0 Å². The summed E-state index contributed by atoms with van der Waals surface area (Å²) in [7, 11) is 0. The van der Waals surface area contributed by atoms with E-state index in [-0.39, 0.29) is 34.7 Å². The number of nitrogens with zero attached hydrogens (tertiary/aromatic N) is 5. The molecule has 1 aliphatic heterocycles. The molecule has 4 rings (SSSR count). The van der Waals surface area contributed by atoms with Gasteiger partial charge in [0.1, 0.15) is 17.3 Å². The van der Waals surface area contributed by atoms with Crippen LogP contribution in [-0.4, -0.2) is 48.1 Å². The average molecular weight is 369 g/mol. The number of aryl methyl sites for hydroxylation is 1. The topological polar surface area (TPSA) is 93.2 Å². The molecule has 2 aromatic heterocycles. The van der Waals surface area contributed by atoms with E-state index in [0.717, 1.165) is 10.6 Å². The van der Waals surface area contributed by atoms with Crippen LogP contribution in [0, 0.1) is 12.7 Å². The molecule has 0 aliphatic carbocycles. The number of hydrogen-bond acceptors (Lipinski definition) is 5. The maximum Gasteiger partial charge on any atom is 0.286 e. The Labute approximate surface area is 152 Å². The van der Waals surface area contributed by atoms with Gasteiger partial charge in [0, 0.05) is 13.1 Å². The number of phenols is 1. The minimum atomic E-state index is -0.738. The van der Waals surface area contributed by atoms with E-state index in [0.29, 0.717) is 18.7 Å². The van der Waals surface area contributed by atoms with Crippen LogP contribution in [0.25, 0.3) is 16.9 Å². The van der Waals surface area contributed by atoms with Crippen LogP contribution in [0.15, 0.2) is 42.0 Å². The quantitative estimate of drug-likeness (QED) is 0.703. The highest BCUT2D eigenvalue weighted by atomic mass is 19.1. The second kappa shape index (κ2) is 6.04. The predicted molar refractivity (Wildman–Crippen MR) is 95.3 cm³/mol. The molecule has 1 saturated heterocycles. The van der Waals surface area contributed by atoms with Gasteiger partial charge in [0.05, 0.1) is 12.4 Å². The molecule has 3 aromatic rings. The second-order valence-corrected chi connectivity index (χ2v) is 6.33. The average Bonchev–Trinajstić information content (AvgIpc) is 2.99. The molecule has 1 aliphatic rings.